The molecule has 0 radical (unpaired) electrons. The Morgan fingerprint density at radius 1 is 1.46 bits per heavy atom. The highest BCUT2D eigenvalue weighted by Gasteiger charge is 2.42. The number of rotatable bonds is 1. The monoisotopic (exact) mass is 221 g/mol. The minimum Gasteiger partial charge on any atom is -0.395 e. The molecule has 1 fully saturated rings. The Morgan fingerprint density at radius 2 is 2.08 bits per heavy atom. The molecule has 0 aromatic heterocycles. The molecule has 2 unspecified atom stereocenters. The normalized spacial score (nSPS) is 29.5. The molecule has 1 aliphatic heterocycles. The number of halogens is 4. The van der Waals surface area contributed by atoms with E-state index in [4.69, 9.17) is 5.11 Å². The first-order valence-corrected chi connectivity index (χ1v) is 3.56. The molecular weight excluding hydrogens is 211 g/mol. The van der Waals surface area contributed by atoms with Crippen molar-refractivity contribution in [2.75, 3.05) is 19.8 Å². The Morgan fingerprint density at radius 3 is 2.38 bits per heavy atom. The summed E-state index contributed by atoms with van der Waals surface area (Å²) in [6.07, 6.45) is -6.05. The second-order valence-corrected chi connectivity index (χ2v) is 2.65. The zero-order valence-corrected chi connectivity index (χ0v) is 7.49. The SMILES string of the molecule is Cl.OCC1COC(C(F)(F)F)CN1. The van der Waals surface area contributed by atoms with Gasteiger partial charge in [-0.15, -0.1) is 12.4 Å². The highest BCUT2D eigenvalue weighted by Crippen LogP contribution is 2.24. The van der Waals surface area contributed by atoms with E-state index in [1.807, 2.05) is 0 Å². The van der Waals surface area contributed by atoms with E-state index in [9.17, 15) is 13.2 Å². The summed E-state index contributed by atoms with van der Waals surface area (Å²) >= 11 is 0. The average molecular weight is 222 g/mol. The largest absolute Gasteiger partial charge is 0.415 e. The van der Waals surface area contributed by atoms with Crippen molar-refractivity contribution in [2.45, 2.75) is 18.3 Å². The summed E-state index contributed by atoms with van der Waals surface area (Å²) in [7, 11) is 0. The summed E-state index contributed by atoms with van der Waals surface area (Å²) in [4.78, 5) is 0. The zero-order chi connectivity index (χ0) is 9.19. The maximum Gasteiger partial charge on any atom is 0.415 e. The molecule has 13 heavy (non-hydrogen) atoms. The molecule has 2 N–H and O–H groups in total. The second-order valence-electron chi connectivity index (χ2n) is 2.65. The van der Waals surface area contributed by atoms with Crippen LogP contribution in [-0.4, -0.2) is 43.2 Å². The van der Waals surface area contributed by atoms with Gasteiger partial charge in [0, 0.05) is 6.54 Å². The van der Waals surface area contributed by atoms with Gasteiger partial charge in [0.05, 0.1) is 19.3 Å². The van der Waals surface area contributed by atoms with E-state index in [2.05, 4.69) is 10.1 Å². The van der Waals surface area contributed by atoms with Gasteiger partial charge >= 0.3 is 6.18 Å². The van der Waals surface area contributed by atoms with E-state index < -0.39 is 12.3 Å². The first-order valence-electron chi connectivity index (χ1n) is 3.56. The third-order valence-electron chi connectivity index (χ3n) is 1.68. The van der Waals surface area contributed by atoms with E-state index in [1.54, 1.807) is 0 Å². The van der Waals surface area contributed by atoms with Gasteiger partial charge in [-0.1, -0.05) is 0 Å². The number of alkyl halides is 3. The van der Waals surface area contributed by atoms with Crippen LogP contribution < -0.4 is 5.32 Å². The van der Waals surface area contributed by atoms with E-state index in [-0.39, 0.29) is 38.2 Å². The van der Waals surface area contributed by atoms with Crippen LogP contribution in [0.3, 0.4) is 0 Å². The number of morpholine rings is 1. The second kappa shape index (κ2) is 4.99. The van der Waals surface area contributed by atoms with Gasteiger partial charge in [0.2, 0.25) is 0 Å². The molecule has 0 aliphatic carbocycles. The Hall–Kier alpha value is -0.0400. The molecule has 0 spiro atoms. The third kappa shape index (κ3) is 3.68. The maximum atomic E-state index is 11.9. The van der Waals surface area contributed by atoms with Gasteiger partial charge in [0.25, 0.3) is 0 Å². The van der Waals surface area contributed by atoms with Crippen LogP contribution in [0.15, 0.2) is 0 Å². The fourth-order valence-corrected chi connectivity index (χ4v) is 0.951. The van der Waals surface area contributed by atoms with Crippen LogP contribution in [0, 0.1) is 0 Å². The Balaban J connectivity index is 0.00000144. The van der Waals surface area contributed by atoms with Crippen LogP contribution >= 0.6 is 12.4 Å². The van der Waals surface area contributed by atoms with Crippen LogP contribution in [-0.2, 0) is 4.74 Å². The molecule has 1 rings (SSSR count). The van der Waals surface area contributed by atoms with Crippen molar-refractivity contribution in [3.63, 3.8) is 0 Å². The highest BCUT2D eigenvalue weighted by atomic mass is 35.5. The summed E-state index contributed by atoms with van der Waals surface area (Å²) in [6.45, 7) is -0.583. The van der Waals surface area contributed by atoms with Gasteiger partial charge in [0.15, 0.2) is 6.10 Å². The molecule has 1 saturated heterocycles. The molecule has 80 valence electrons. The van der Waals surface area contributed by atoms with Crippen molar-refractivity contribution in [1.82, 2.24) is 5.32 Å². The number of hydrogen-bond acceptors (Lipinski definition) is 3. The summed E-state index contributed by atoms with van der Waals surface area (Å²) < 4.78 is 40.3. The summed E-state index contributed by atoms with van der Waals surface area (Å²) in [6, 6.07) is -0.372. The molecule has 0 amide bonds. The lowest BCUT2D eigenvalue weighted by molar-refractivity contribution is -0.229. The maximum absolute atomic E-state index is 11.9. The summed E-state index contributed by atoms with van der Waals surface area (Å²) in [5.74, 6) is 0. The molecule has 0 aromatic carbocycles. The number of hydrogen-bond donors (Lipinski definition) is 2. The lowest BCUT2D eigenvalue weighted by Crippen LogP contribution is -2.53. The van der Waals surface area contributed by atoms with Crippen molar-refractivity contribution >= 4 is 12.4 Å². The lowest BCUT2D eigenvalue weighted by atomic mass is 10.2. The molecule has 2 atom stereocenters. The van der Waals surface area contributed by atoms with Crippen LogP contribution in [0.2, 0.25) is 0 Å². The van der Waals surface area contributed by atoms with E-state index >= 15 is 0 Å². The number of aliphatic hydroxyl groups excluding tert-OH is 1. The van der Waals surface area contributed by atoms with Crippen LogP contribution in [0.4, 0.5) is 13.2 Å². The van der Waals surface area contributed by atoms with Crippen molar-refractivity contribution in [3.8, 4) is 0 Å². The van der Waals surface area contributed by atoms with Crippen molar-refractivity contribution in [2.24, 2.45) is 0 Å². The minimum absolute atomic E-state index is 0. The predicted octanol–water partition coefficient (Wildman–Crippen LogP) is 0.320. The van der Waals surface area contributed by atoms with Crippen LogP contribution in [0.25, 0.3) is 0 Å². The number of ether oxygens (including phenoxy) is 1. The van der Waals surface area contributed by atoms with Crippen molar-refractivity contribution in [1.29, 1.82) is 0 Å². The standard InChI is InChI=1S/C6H10F3NO2.ClH/c7-6(8,9)5-1-10-4(2-11)3-12-5;/h4-5,10-11H,1-3H2;1H. The van der Waals surface area contributed by atoms with Gasteiger partial charge < -0.3 is 15.2 Å². The van der Waals surface area contributed by atoms with Crippen LogP contribution in [0.5, 0.6) is 0 Å². The minimum atomic E-state index is -4.31. The van der Waals surface area contributed by atoms with E-state index in [1.165, 1.54) is 0 Å². The average Bonchev–Trinajstić information content (AvgIpc) is 2.03. The topological polar surface area (TPSA) is 41.5 Å². The fraction of sp³-hybridized carbons (Fsp3) is 1.00. The van der Waals surface area contributed by atoms with Gasteiger partial charge in [-0.3, -0.25) is 0 Å². The Bertz CT molecular complexity index is 147. The third-order valence-corrected chi connectivity index (χ3v) is 1.68. The summed E-state index contributed by atoms with van der Waals surface area (Å²) in [5.41, 5.74) is 0. The first kappa shape index (κ1) is 13.0. The quantitative estimate of drug-likeness (QED) is 0.670. The van der Waals surface area contributed by atoms with Gasteiger partial charge in [0.1, 0.15) is 0 Å². The molecule has 3 nitrogen and oxygen atoms in total. The molecule has 0 bridgehead atoms. The Kier molecular flexibility index (Phi) is 4.98. The molecule has 0 saturated carbocycles. The molecule has 0 aromatic rings. The molecule has 1 aliphatic rings. The van der Waals surface area contributed by atoms with Gasteiger partial charge in [-0.2, -0.15) is 13.2 Å². The number of nitrogens with one attached hydrogen (secondary N) is 1. The lowest BCUT2D eigenvalue weighted by Gasteiger charge is -2.30. The highest BCUT2D eigenvalue weighted by molar-refractivity contribution is 5.85. The smallest absolute Gasteiger partial charge is 0.395 e. The van der Waals surface area contributed by atoms with Crippen LogP contribution in [0.1, 0.15) is 0 Å². The van der Waals surface area contributed by atoms with E-state index in [0.29, 0.717) is 0 Å². The van der Waals surface area contributed by atoms with Crippen molar-refractivity contribution in [3.05, 3.63) is 0 Å². The predicted molar refractivity (Wildman–Crippen MR) is 41.9 cm³/mol. The van der Waals surface area contributed by atoms with E-state index in [0.717, 1.165) is 0 Å². The fourth-order valence-electron chi connectivity index (χ4n) is 0.951. The molecule has 7 heteroatoms. The van der Waals surface area contributed by atoms with Gasteiger partial charge in [-0.25, -0.2) is 0 Å². The molecule has 1 heterocycles. The Labute approximate surface area is 79.7 Å². The van der Waals surface area contributed by atoms with Gasteiger partial charge in [-0.05, 0) is 0 Å². The van der Waals surface area contributed by atoms with Crippen molar-refractivity contribution < 1.29 is 23.0 Å². The zero-order valence-electron chi connectivity index (χ0n) is 6.67. The number of aliphatic hydroxyl groups is 1. The molecular formula is C6H11ClF3NO2. The first-order chi connectivity index (χ1) is 5.54. The summed E-state index contributed by atoms with van der Waals surface area (Å²) in [5, 5.41) is 11.1.